The van der Waals surface area contributed by atoms with Crippen molar-refractivity contribution < 1.29 is 9.50 Å². The van der Waals surface area contributed by atoms with Crippen molar-refractivity contribution in [3.8, 4) is 5.69 Å². The molecule has 0 spiro atoms. The highest BCUT2D eigenvalue weighted by Gasteiger charge is 2.17. The molecule has 0 bridgehead atoms. The highest BCUT2D eigenvalue weighted by molar-refractivity contribution is 7.99. The molecule has 1 aromatic heterocycles. The molecule has 0 aliphatic heterocycles. The molecule has 0 saturated heterocycles. The van der Waals surface area contributed by atoms with Gasteiger partial charge in [-0.1, -0.05) is 30.8 Å². The first-order valence-electron chi connectivity index (χ1n) is 6.87. The van der Waals surface area contributed by atoms with Gasteiger partial charge in [0.1, 0.15) is 11.6 Å². The van der Waals surface area contributed by atoms with Gasteiger partial charge in [-0.2, -0.15) is 0 Å². The van der Waals surface area contributed by atoms with Gasteiger partial charge in [-0.05, 0) is 25.1 Å². The molecule has 0 radical (unpaired) electrons. The number of para-hydroxylation sites is 1. The second kappa shape index (κ2) is 7.53. The summed E-state index contributed by atoms with van der Waals surface area (Å²) in [5.74, 6) is 0.774. The van der Waals surface area contributed by atoms with Crippen molar-refractivity contribution in [2.45, 2.75) is 31.0 Å². The number of rotatable bonds is 7. The molecule has 1 heterocycles. The molecule has 0 saturated carbocycles. The Labute approximate surface area is 127 Å². The van der Waals surface area contributed by atoms with Crippen LogP contribution >= 0.6 is 11.8 Å². The van der Waals surface area contributed by atoms with E-state index in [0.29, 0.717) is 41.8 Å². The molecule has 2 rings (SSSR count). The fraction of sp³-hybridized carbons (Fsp3) is 0.429. The zero-order chi connectivity index (χ0) is 15.2. The third kappa shape index (κ3) is 3.81. The van der Waals surface area contributed by atoms with E-state index in [-0.39, 0.29) is 5.82 Å². The first kappa shape index (κ1) is 15.9. The maximum atomic E-state index is 14.1. The summed E-state index contributed by atoms with van der Waals surface area (Å²) in [4.78, 5) is 0. The second-order valence-corrected chi connectivity index (χ2v) is 5.58. The minimum Gasteiger partial charge on any atom is -0.392 e. The summed E-state index contributed by atoms with van der Waals surface area (Å²) >= 11 is 1.36. The summed E-state index contributed by atoms with van der Waals surface area (Å²) in [7, 11) is 0. The van der Waals surface area contributed by atoms with E-state index < -0.39 is 6.10 Å². The Balaban J connectivity index is 2.36. The molecule has 0 aliphatic carbocycles. The number of thioether (sulfide) groups is 1. The van der Waals surface area contributed by atoms with Gasteiger partial charge in [0, 0.05) is 12.2 Å². The Kier molecular flexibility index (Phi) is 5.72. The molecule has 5 nitrogen and oxygen atoms in total. The number of aliphatic hydroxyl groups is 1. The Bertz CT molecular complexity index is 590. The molecule has 3 N–H and O–H groups in total. The van der Waals surface area contributed by atoms with Crippen LogP contribution in [0.1, 0.15) is 19.2 Å². The van der Waals surface area contributed by atoms with Gasteiger partial charge in [0.2, 0.25) is 0 Å². The molecular weight excluding hydrogens is 291 g/mol. The Morgan fingerprint density at radius 1 is 1.38 bits per heavy atom. The van der Waals surface area contributed by atoms with Crippen LogP contribution in [-0.4, -0.2) is 38.3 Å². The largest absolute Gasteiger partial charge is 0.392 e. The number of aliphatic hydroxyl groups excluding tert-OH is 1. The fourth-order valence-corrected chi connectivity index (χ4v) is 2.86. The number of halogens is 1. The predicted molar refractivity (Wildman–Crippen MR) is 81.1 cm³/mol. The predicted octanol–water partition coefficient (Wildman–Crippen LogP) is 1.77. The van der Waals surface area contributed by atoms with Gasteiger partial charge in [0.25, 0.3) is 0 Å². The zero-order valence-electron chi connectivity index (χ0n) is 11.9. The van der Waals surface area contributed by atoms with Crippen molar-refractivity contribution in [2.75, 3.05) is 12.3 Å². The first-order chi connectivity index (χ1) is 10.2. The van der Waals surface area contributed by atoms with E-state index in [1.165, 1.54) is 17.8 Å². The van der Waals surface area contributed by atoms with Gasteiger partial charge in [0.15, 0.2) is 5.16 Å². The van der Waals surface area contributed by atoms with E-state index in [1.807, 2.05) is 6.92 Å². The minimum absolute atomic E-state index is 0.339. The lowest BCUT2D eigenvalue weighted by Crippen LogP contribution is -2.12. The van der Waals surface area contributed by atoms with Gasteiger partial charge in [-0.3, -0.25) is 4.57 Å². The smallest absolute Gasteiger partial charge is 0.196 e. The summed E-state index contributed by atoms with van der Waals surface area (Å²) in [6.07, 6.45) is 0.757. The molecule has 7 heteroatoms. The molecule has 1 unspecified atom stereocenters. The molecule has 0 amide bonds. The van der Waals surface area contributed by atoms with Gasteiger partial charge in [-0.25, -0.2) is 4.39 Å². The molecule has 1 aromatic carbocycles. The highest BCUT2D eigenvalue weighted by Crippen LogP contribution is 2.24. The normalized spacial score (nSPS) is 12.6. The molecular formula is C14H19FN4OS. The first-order valence-corrected chi connectivity index (χ1v) is 7.86. The van der Waals surface area contributed by atoms with Crippen molar-refractivity contribution in [1.82, 2.24) is 14.8 Å². The Morgan fingerprint density at radius 2 is 2.14 bits per heavy atom. The van der Waals surface area contributed by atoms with Crippen LogP contribution in [0, 0.1) is 5.82 Å². The quantitative estimate of drug-likeness (QED) is 0.762. The summed E-state index contributed by atoms with van der Waals surface area (Å²) < 4.78 is 15.7. The van der Waals surface area contributed by atoms with E-state index in [0.717, 1.165) is 0 Å². The summed E-state index contributed by atoms with van der Waals surface area (Å²) in [6, 6.07) is 6.48. The lowest BCUT2D eigenvalue weighted by Gasteiger charge is -2.11. The number of hydrogen-bond donors (Lipinski definition) is 2. The van der Waals surface area contributed by atoms with Gasteiger partial charge in [-0.15, -0.1) is 10.2 Å². The molecule has 2 aromatic rings. The van der Waals surface area contributed by atoms with Crippen LogP contribution in [0.5, 0.6) is 0 Å². The minimum atomic E-state index is -0.418. The van der Waals surface area contributed by atoms with Crippen LogP contribution < -0.4 is 5.73 Å². The lowest BCUT2D eigenvalue weighted by molar-refractivity contribution is 0.195. The number of hydrogen-bond acceptors (Lipinski definition) is 5. The number of benzene rings is 1. The van der Waals surface area contributed by atoms with E-state index in [4.69, 9.17) is 5.73 Å². The van der Waals surface area contributed by atoms with E-state index in [1.54, 1.807) is 22.8 Å². The third-order valence-electron chi connectivity index (χ3n) is 3.04. The van der Waals surface area contributed by atoms with Gasteiger partial charge < -0.3 is 10.8 Å². The van der Waals surface area contributed by atoms with Crippen molar-refractivity contribution in [3.63, 3.8) is 0 Å². The molecule has 114 valence electrons. The van der Waals surface area contributed by atoms with Crippen molar-refractivity contribution in [1.29, 1.82) is 0 Å². The SMILES string of the molecule is CCC(O)CSc1nnc(CCN)n1-c1ccccc1F. The topological polar surface area (TPSA) is 77.0 Å². The van der Waals surface area contributed by atoms with Crippen LogP contribution in [-0.2, 0) is 6.42 Å². The average Bonchev–Trinajstić information content (AvgIpc) is 2.88. The molecule has 1 atom stereocenters. The fourth-order valence-electron chi connectivity index (χ4n) is 1.85. The standard InChI is InChI=1S/C14H19FN4OS/c1-2-10(20)9-21-14-18-17-13(7-8-16)19(14)12-6-4-3-5-11(12)15/h3-6,10,20H,2,7-9,16H2,1H3. The summed E-state index contributed by atoms with van der Waals surface area (Å²) in [6.45, 7) is 2.32. The second-order valence-electron chi connectivity index (χ2n) is 4.60. The van der Waals surface area contributed by atoms with Crippen LogP contribution in [0.4, 0.5) is 4.39 Å². The van der Waals surface area contributed by atoms with Crippen molar-refractivity contribution in [3.05, 3.63) is 35.9 Å². The summed E-state index contributed by atoms with van der Waals surface area (Å²) in [5.41, 5.74) is 5.98. The average molecular weight is 310 g/mol. The van der Waals surface area contributed by atoms with Gasteiger partial charge in [0.05, 0.1) is 11.8 Å². The lowest BCUT2D eigenvalue weighted by atomic mass is 10.3. The number of nitrogens with two attached hydrogens (primary N) is 1. The zero-order valence-corrected chi connectivity index (χ0v) is 12.7. The van der Waals surface area contributed by atoms with Crippen molar-refractivity contribution >= 4 is 11.8 Å². The van der Waals surface area contributed by atoms with E-state index in [9.17, 15) is 9.50 Å². The van der Waals surface area contributed by atoms with Crippen LogP contribution in [0.15, 0.2) is 29.4 Å². The number of nitrogens with zero attached hydrogens (tertiary/aromatic N) is 3. The third-order valence-corrected chi connectivity index (χ3v) is 4.11. The Hall–Kier alpha value is -1.44. The van der Waals surface area contributed by atoms with E-state index >= 15 is 0 Å². The molecule has 21 heavy (non-hydrogen) atoms. The van der Waals surface area contributed by atoms with E-state index in [2.05, 4.69) is 10.2 Å². The summed E-state index contributed by atoms with van der Waals surface area (Å²) in [5, 5.41) is 18.4. The highest BCUT2D eigenvalue weighted by atomic mass is 32.2. The molecule has 0 fully saturated rings. The maximum Gasteiger partial charge on any atom is 0.196 e. The van der Waals surface area contributed by atoms with Crippen LogP contribution in [0.2, 0.25) is 0 Å². The van der Waals surface area contributed by atoms with Crippen LogP contribution in [0.3, 0.4) is 0 Å². The maximum absolute atomic E-state index is 14.1. The van der Waals surface area contributed by atoms with Crippen molar-refractivity contribution in [2.24, 2.45) is 5.73 Å². The van der Waals surface area contributed by atoms with Gasteiger partial charge >= 0.3 is 0 Å². The molecule has 0 aliphatic rings. The monoisotopic (exact) mass is 310 g/mol. The Morgan fingerprint density at radius 3 is 2.81 bits per heavy atom. The number of aromatic nitrogens is 3. The van der Waals surface area contributed by atoms with Crippen LogP contribution in [0.25, 0.3) is 5.69 Å².